The fourth-order valence-electron chi connectivity index (χ4n) is 4.11. The van der Waals surface area contributed by atoms with Gasteiger partial charge in [0.1, 0.15) is 4.83 Å². The molecule has 5 nitrogen and oxygen atoms in total. The summed E-state index contributed by atoms with van der Waals surface area (Å²) in [5.41, 5.74) is 2.46. The Balaban J connectivity index is 1.40. The second-order valence-electron chi connectivity index (χ2n) is 8.00. The predicted molar refractivity (Wildman–Crippen MR) is 117 cm³/mol. The molecule has 5 rings (SSSR count). The Morgan fingerprint density at radius 1 is 1.17 bits per heavy atom. The minimum absolute atomic E-state index is 0.00547. The highest BCUT2D eigenvalue weighted by Gasteiger charge is 2.23. The van der Waals surface area contributed by atoms with Gasteiger partial charge in [0.2, 0.25) is 6.54 Å². The number of benzene rings is 1. The van der Waals surface area contributed by atoms with Gasteiger partial charge in [0.25, 0.3) is 5.56 Å². The summed E-state index contributed by atoms with van der Waals surface area (Å²) in [7, 11) is 0. The van der Waals surface area contributed by atoms with E-state index in [1.165, 1.54) is 10.4 Å². The van der Waals surface area contributed by atoms with Gasteiger partial charge in [0.05, 0.1) is 5.39 Å². The Bertz CT molecular complexity index is 1290. The van der Waals surface area contributed by atoms with Gasteiger partial charge in [-0.15, -0.1) is 11.3 Å². The van der Waals surface area contributed by atoms with Crippen molar-refractivity contribution in [3.63, 3.8) is 0 Å². The molecule has 3 aromatic heterocycles. The third-order valence-electron chi connectivity index (χ3n) is 5.74. The molecule has 3 heterocycles. The number of ketones is 1. The van der Waals surface area contributed by atoms with Crippen LogP contribution in [0.4, 0.5) is 0 Å². The third kappa shape index (κ3) is 3.48. The van der Waals surface area contributed by atoms with Crippen molar-refractivity contribution >= 4 is 27.3 Å². The zero-order chi connectivity index (χ0) is 20.7. The monoisotopic (exact) mass is 416 g/mol. The molecular formula is C24H22N3O2S+. The number of pyridine rings is 1. The smallest absolute Gasteiger partial charge is 0.260 e. The number of hydrogen-bond acceptors (Lipinski definition) is 4. The second-order valence-corrected chi connectivity index (χ2v) is 9.08. The Morgan fingerprint density at radius 3 is 2.67 bits per heavy atom. The molecule has 6 heteroatoms. The van der Waals surface area contributed by atoms with Crippen LogP contribution in [0, 0.1) is 5.92 Å². The van der Waals surface area contributed by atoms with Crippen molar-refractivity contribution in [1.82, 2.24) is 9.97 Å². The first-order valence-corrected chi connectivity index (χ1v) is 11.0. The van der Waals surface area contributed by atoms with E-state index in [1.807, 2.05) is 47.3 Å². The molecule has 0 spiro atoms. The maximum absolute atomic E-state index is 12.8. The van der Waals surface area contributed by atoms with E-state index >= 15 is 0 Å². The number of H-pyrrole nitrogens is 1. The zero-order valence-corrected chi connectivity index (χ0v) is 17.5. The molecule has 0 aliphatic heterocycles. The van der Waals surface area contributed by atoms with E-state index < -0.39 is 0 Å². The lowest BCUT2D eigenvalue weighted by Gasteiger charge is -2.17. The average molecular weight is 417 g/mol. The van der Waals surface area contributed by atoms with Crippen molar-refractivity contribution in [3.05, 3.63) is 92.6 Å². The average Bonchev–Trinajstić information content (AvgIpc) is 3.12. The molecule has 0 unspecified atom stereocenters. The summed E-state index contributed by atoms with van der Waals surface area (Å²) >= 11 is 1.66. The summed E-state index contributed by atoms with van der Waals surface area (Å²) in [5, 5.41) is 0.777. The Hall–Kier alpha value is -3.12. The number of aryl methyl sites for hydroxylation is 1. The first-order valence-electron chi connectivity index (χ1n) is 10.2. The van der Waals surface area contributed by atoms with Crippen LogP contribution in [0.2, 0.25) is 0 Å². The highest BCUT2D eigenvalue weighted by Crippen LogP contribution is 2.35. The Labute approximate surface area is 178 Å². The lowest BCUT2D eigenvalue weighted by Crippen LogP contribution is -2.35. The van der Waals surface area contributed by atoms with E-state index in [9.17, 15) is 9.59 Å². The number of carbonyl (C=O) groups is 1. The van der Waals surface area contributed by atoms with Crippen LogP contribution >= 0.6 is 11.3 Å². The van der Waals surface area contributed by atoms with Gasteiger partial charge in [-0.3, -0.25) is 9.59 Å². The van der Waals surface area contributed by atoms with Crippen molar-refractivity contribution in [2.45, 2.75) is 32.7 Å². The molecule has 1 aliphatic rings. The molecule has 0 bridgehead atoms. The number of aromatic nitrogens is 3. The van der Waals surface area contributed by atoms with Crippen molar-refractivity contribution in [3.8, 4) is 0 Å². The summed E-state index contributed by atoms with van der Waals surface area (Å²) in [4.78, 5) is 35.2. The molecular weight excluding hydrogens is 394 g/mol. The van der Waals surface area contributed by atoms with Crippen LogP contribution in [0.25, 0.3) is 10.2 Å². The maximum Gasteiger partial charge on any atom is 0.260 e. The molecule has 1 aromatic carbocycles. The van der Waals surface area contributed by atoms with Crippen molar-refractivity contribution < 1.29 is 9.36 Å². The largest absolute Gasteiger partial charge is 0.305 e. The van der Waals surface area contributed by atoms with E-state index in [-0.39, 0.29) is 11.3 Å². The molecule has 30 heavy (non-hydrogen) atoms. The fraction of sp³-hybridized carbons (Fsp3) is 0.250. The fourth-order valence-corrected chi connectivity index (χ4v) is 5.51. The third-order valence-corrected chi connectivity index (χ3v) is 6.88. The molecule has 4 aromatic rings. The molecule has 0 amide bonds. The van der Waals surface area contributed by atoms with Crippen LogP contribution in [0.15, 0.2) is 59.7 Å². The number of carbonyl (C=O) groups excluding carboxylic acids is 1. The summed E-state index contributed by atoms with van der Waals surface area (Å²) < 4.78 is 1.92. The molecule has 150 valence electrons. The van der Waals surface area contributed by atoms with Gasteiger partial charge < -0.3 is 4.98 Å². The van der Waals surface area contributed by atoms with E-state index in [4.69, 9.17) is 4.98 Å². The van der Waals surface area contributed by atoms with Crippen LogP contribution in [0.1, 0.15) is 45.5 Å². The van der Waals surface area contributed by atoms with Crippen molar-refractivity contribution in [2.75, 3.05) is 0 Å². The highest BCUT2D eigenvalue weighted by atomic mass is 32.1. The number of fused-ring (bicyclic) bond motifs is 3. The van der Waals surface area contributed by atoms with Crippen LogP contribution < -0.4 is 10.1 Å². The van der Waals surface area contributed by atoms with Gasteiger partial charge in [0.15, 0.2) is 24.0 Å². The maximum atomic E-state index is 12.8. The summed E-state index contributed by atoms with van der Waals surface area (Å²) in [5.74, 6) is 1.29. The number of thiophene rings is 1. The normalized spacial score (nSPS) is 15.8. The number of nitrogens with one attached hydrogen (secondary N) is 1. The summed E-state index contributed by atoms with van der Waals surface area (Å²) in [6.07, 6.45) is 6.83. The molecule has 0 saturated carbocycles. The first kappa shape index (κ1) is 18.9. The second kappa shape index (κ2) is 7.61. The van der Waals surface area contributed by atoms with Crippen LogP contribution in [-0.2, 0) is 19.4 Å². The van der Waals surface area contributed by atoms with E-state index in [0.717, 1.165) is 29.5 Å². The minimum atomic E-state index is -0.0430. The number of nitrogens with zero attached hydrogens (tertiary/aromatic N) is 2. The molecule has 1 atom stereocenters. The lowest BCUT2D eigenvalue weighted by molar-refractivity contribution is -0.689. The van der Waals surface area contributed by atoms with E-state index in [0.29, 0.717) is 29.4 Å². The van der Waals surface area contributed by atoms with Crippen molar-refractivity contribution in [1.29, 1.82) is 0 Å². The van der Waals surface area contributed by atoms with Crippen LogP contribution in [0.5, 0.6) is 0 Å². The van der Waals surface area contributed by atoms with Gasteiger partial charge in [-0.05, 0) is 30.7 Å². The Morgan fingerprint density at radius 2 is 1.90 bits per heavy atom. The Kier molecular flexibility index (Phi) is 4.79. The summed E-state index contributed by atoms with van der Waals surface area (Å²) in [6, 6.07) is 12.8. The standard InChI is InChI=1S/C24H21N3O2S/c1-15-7-8-18-19(13-15)30-24-21(18)23(29)25-20(26-24)14-27-11-9-17(10-12-27)22(28)16-5-3-2-4-6-16/h2-6,9-12,15H,7-8,13-14H2,1H3/p+1/t15-/m0/s1. The highest BCUT2D eigenvalue weighted by molar-refractivity contribution is 7.18. The van der Waals surface area contributed by atoms with Gasteiger partial charge >= 0.3 is 0 Å². The van der Waals surface area contributed by atoms with Crippen LogP contribution in [0.3, 0.4) is 0 Å². The number of hydrogen-bond donors (Lipinski definition) is 1. The quantitative estimate of drug-likeness (QED) is 0.408. The molecule has 0 saturated heterocycles. The van der Waals surface area contributed by atoms with Gasteiger partial charge in [0, 0.05) is 28.1 Å². The molecule has 1 N–H and O–H groups in total. The molecule has 0 radical (unpaired) electrons. The first-order chi connectivity index (χ1) is 14.6. The number of rotatable bonds is 4. The SMILES string of the molecule is C[C@H]1CCc2c(sc3nc(C[n+]4ccc(C(=O)c5ccccc5)cc4)[nH]c(=O)c23)C1. The minimum Gasteiger partial charge on any atom is -0.305 e. The zero-order valence-electron chi connectivity index (χ0n) is 16.7. The topological polar surface area (TPSA) is 66.7 Å². The number of aromatic amines is 1. The van der Waals surface area contributed by atoms with Crippen LogP contribution in [-0.4, -0.2) is 15.8 Å². The summed E-state index contributed by atoms with van der Waals surface area (Å²) in [6.45, 7) is 2.71. The lowest BCUT2D eigenvalue weighted by atomic mass is 9.89. The molecule has 0 fully saturated rings. The van der Waals surface area contributed by atoms with Gasteiger partial charge in [-0.25, -0.2) is 4.98 Å². The van der Waals surface area contributed by atoms with Crippen molar-refractivity contribution in [2.24, 2.45) is 5.92 Å². The van der Waals surface area contributed by atoms with E-state index in [1.54, 1.807) is 23.5 Å². The molecule has 1 aliphatic carbocycles. The van der Waals surface area contributed by atoms with Gasteiger partial charge in [-0.1, -0.05) is 37.3 Å². The van der Waals surface area contributed by atoms with E-state index in [2.05, 4.69) is 11.9 Å². The van der Waals surface area contributed by atoms with Gasteiger partial charge in [-0.2, -0.15) is 4.57 Å². The predicted octanol–water partition coefficient (Wildman–Crippen LogP) is 3.68.